The molecule has 2 aromatic carbocycles. The summed E-state index contributed by atoms with van der Waals surface area (Å²) in [6, 6.07) is 14.7. The minimum atomic E-state index is -0.301. The number of carbonyl (C=O) groups excluding carboxylic acids is 1. The Morgan fingerprint density at radius 1 is 0.926 bits per heavy atom. The van der Waals surface area contributed by atoms with Crippen LogP contribution in [0.2, 0.25) is 0 Å². The molecule has 0 radical (unpaired) electrons. The molecule has 0 saturated carbocycles. The number of amides is 1. The smallest absolute Gasteiger partial charge is 0.238 e. The highest BCUT2D eigenvalue weighted by Gasteiger charge is 2.17. The van der Waals surface area contributed by atoms with E-state index >= 15 is 0 Å². The Hall–Kier alpha value is -2.24. The first-order valence-electron chi connectivity index (χ1n) is 9.70. The maximum absolute atomic E-state index is 12.9. The van der Waals surface area contributed by atoms with Crippen LogP contribution in [-0.2, 0) is 17.8 Å². The summed E-state index contributed by atoms with van der Waals surface area (Å²) < 4.78 is 12.9. The van der Waals surface area contributed by atoms with Gasteiger partial charge in [0, 0.05) is 25.3 Å². The highest BCUT2D eigenvalue weighted by atomic mass is 19.1. The summed E-state index contributed by atoms with van der Waals surface area (Å²) in [6.07, 6.45) is 2.12. The predicted molar refractivity (Wildman–Crippen MR) is 107 cm³/mol. The van der Waals surface area contributed by atoms with Crippen molar-refractivity contribution in [3.8, 4) is 0 Å². The van der Waals surface area contributed by atoms with Crippen LogP contribution in [0, 0.1) is 5.82 Å². The van der Waals surface area contributed by atoms with E-state index in [4.69, 9.17) is 0 Å². The second kappa shape index (κ2) is 9.62. The van der Waals surface area contributed by atoms with Crippen molar-refractivity contribution in [1.29, 1.82) is 0 Å². The molecule has 0 unspecified atom stereocenters. The fraction of sp³-hybridized carbons (Fsp3) is 0.409. The van der Waals surface area contributed by atoms with Crippen molar-refractivity contribution in [3.05, 3.63) is 65.5 Å². The number of hydrogen-bond donors (Lipinski definition) is 1. The van der Waals surface area contributed by atoms with Crippen LogP contribution in [0.4, 0.5) is 10.1 Å². The largest absolute Gasteiger partial charge is 0.325 e. The molecule has 4 nitrogen and oxygen atoms in total. The van der Waals surface area contributed by atoms with Crippen molar-refractivity contribution in [1.82, 2.24) is 9.80 Å². The molecule has 1 saturated heterocycles. The number of halogens is 1. The number of hydrogen-bond acceptors (Lipinski definition) is 3. The highest BCUT2D eigenvalue weighted by Crippen LogP contribution is 2.12. The maximum atomic E-state index is 12.9. The van der Waals surface area contributed by atoms with Gasteiger partial charge < -0.3 is 5.32 Å². The van der Waals surface area contributed by atoms with Crippen LogP contribution < -0.4 is 5.32 Å². The first kappa shape index (κ1) is 19.5. The Morgan fingerprint density at radius 3 is 2.26 bits per heavy atom. The summed E-state index contributed by atoms with van der Waals surface area (Å²) >= 11 is 0. The molecule has 0 spiro atoms. The van der Waals surface area contributed by atoms with Gasteiger partial charge in [-0.15, -0.1) is 0 Å². The zero-order valence-electron chi connectivity index (χ0n) is 16.0. The average molecular weight is 369 g/mol. The number of aryl methyl sites for hydroxylation is 1. The molecule has 1 aliphatic heterocycles. The Labute approximate surface area is 161 Å². The topological polar surface area (TPSA) is 35.6 Å². The zero-order valence-corrected chi connectivity index (χ0v) is 16.0. The molecule has 0 atom stereocenters. The van der Waals surface area contributed by atoms with Gasteiger partial charge in [-0.25, -0.2) is 4.39 Å². The van der Waals surface area contributed by atoms with Crippen LogP contribution in [0.5, 0.6) is 0 Å². The molecule has 27 heavy (non-hydrogen) atoms. The van der Waals surface area contributed by atoms with Gasteiger partial charge in [-0.2, -0.15) is 0 Å². The molecule has 1 heterocycles. The zero-order chi connectivity index (χ0) is 19.1. The molecule has 1 amide bonds. The molecule has 3 rings (SSSR count). The van der Waals surface area contributed by atoms with Gasteiger partial charge in [0.25, 0.3) is 0 Å². The van der Waals surface area contributed by atoms with E-state index in [-0.39, 0.29) is 11.7 Å². The van der Waals surface area contributed by atoms with Crippen molar-refractivity contribution >= 4 is 11.6 Å². The highest BCUT2D eigenvalue weighted by molar-refractivity contribution is 5.92. The number of nitrogens with zero attached hydrogens (tertiary/aromatic N) is 2. The Bertz CT molecular complexity index is 730. The summed E-state index contributed by atoms with van der Waals surface area (Å²) in [6.45, 7) is 7.30. The first-order valence-corrected chi connectivity index (χ1v) is 9.70. The standard InChI is InChI=1S/C22H28FN3O/c1-2-18-4-6-19(7-5-18)16-25-12-3-13-26(15-14-25)17-22(27)24-21-10-8-20(23)9-11-21/h4-11H,2-3,12-17H2,1H3,(H,24,27). The number of nitrogens with one attached hydrogen (secondary N) is 1. The van der Waals surface area contributed by atoms with Gasteiger partial charge in [-0.1, -0.05) is 31.2 Å². The lowest BCUT2D eigenvalue weighted by Crippen LogP contribution is -2.36. The Morgan fingerprint density at radius 2 is 1.56 bits per heavy atom. The Kier molecular flexibility index (Phi) is 6.96. The van der Waals surface area contributed by atoms with E-state index in [1.165, 1.54) is 23.3 Å². The van der Waals surface area contributed by atoms with Crippen LogP contribution in [0.25, 0.3) is 0 Å². The minimum absolute atomic E-state index is 0.0507. The molecule has 5 heteroatoms. The van der Waals surface area contributed by atoms with E-state index in [1.54, 1.807) is 12.1 Å². The Balaban J connectivity index is 1.46. The van der Waals surface area contributed by atoms with Crippen molar-refractivity contribution < 1.29 is 9.18 Å². The first-order chi connectivity index (χ1) is 13.1. The van der Waals surface area contributed by atoms with E-state index < -0.39 is 0 Å². The summed E-state index contributed by atoms with van der Waals surface area (Å²) in [5, 5.41) is 2.84. The molecule has 1 N–H and O–H groups in total. The summed E-state index contributed by atoms with van der Waals surface area (Å²) in [5.41, 5.74) is 3.34. The second-order valence-corrected chi connectivity index (χ2v) is 7.13. The lowest BCUT2D eigenvalue weighted by Gasteiger charge is -2.21. The van der Waals surface area contributed by atoms with E-state index in [9.17, 15) is 9.18 Å². The van der Waals surface area contributed by atoms with Crippen LogP contribution in [-0.4, -0.2) is 48.4 Å². The summed E-state index contributed by atoms with van der Waals surface area (Å²) in [7, 11) is 0. The van der Waals surface area contributed by atoms with Crippen molar-refractivity contribution in [2.75, 3.05) is 38.0 Å². The van der Waals surface area contributed by atoms with Gasteiger partial charge in [0.2, 0.25) is 5.91 Å². The van der Waals surface area contributed by atoms with Gasteiger partial charge in [0.1, 0.15) is 5.82 Å². The molecule has 0 aliphatic carbocycles. The molecule has 2 aromatic rings. The van der Waals surface area contributed by atoms with Gasteiger partial charge >= 0.3 is 0 Å². The third-order valence-electron chi connectivity index (χ3n) is 5.01. The van der Waals surface area contributed by atoms with Crippen LogP contribution in [0.15, 0.2) is 48.5 Å². The third-order valence-corrected chi connectivity index (χ3v) is 5.01. The lowest BCUT2D eigenvalue weighted by atomic mass is 10.1. The molecular formula is C22H28FN3O. The number of anilines is 1. The number of benzene rings is 2. The van der Waals surface area contributed by atoms with Crippen LogP contribution in [0.1, 0.15) is 24.5 Å². The molecular weight excluding hydrogens is 341 g/mol. The fourth-order valence-electron chi connectivity index (χ4n) is 3.42. The van der Waals surface area contributed by atoms with E-state index in [0.717, 1.165) is 45.6 Å². The summed E-state index contributed by atoms with van der Waals surface area (Å²) in [5.74, 6) is -0.352. The molecule has 0 bridgehead atoms. The minimum Gasteiger partial charge on any atom is -0.325 e. The van der Waals surface area contributed by atoms with Gasteiger partial charge in [0.15, 0.2) is 0 Å². The quantitative estimate of drug-likeness (QED) is 0.846. The SMILES string of the molecule is CCc1ccc(CN2CCCN(CC(=O)Nc3ccc(F)cc3)CC2)cc1. The van der Waals surface area contributed by atoms with Crippen molar-refractivity contribution in [3.63, 3.8) is 0 Å². The number of carbonyl (C=O) groups is 1. The van der Waals surface area contributed by atoms with Crippen LogP contribution >= 0.6 is 0 Å². The molecule has 1 aliphatic rings. The maximum Gasteiger partial charge on any atom is 0.238 e. The number of rotatable bonds is 6. The molecule has 144 valence electrons. The third kappa shape index (κ3) is 6.15. The van der Waals surface area contributed by atoms with E-state index in [2.05, 4.69) is 46.3 Å². The van der Waals surface area contributed by atoms with E-state index in [1.807, 2.05) is 0 Å². The fourth-order valence-corrected chi connectivity index (χ4v) is 3.42. The van der Waals surface area contributed by atoms with E-state index in [0.29, 0.717) is 12.2 Å². The lowest BCUT2D eigenvalue weighted by molar-refractivity contribution is -0.117. The van der Waals surface area contributed by atoms with Gasteiger partial charge in [0.05, 0.1) is 6.54 Å². The van der Waals surface area contributed by atoms with Crippen LogP contribution in [0.3, 0.4) is 0 Å². The monoisotopic (exact) mass is 369 g/mol. The summed E-state index contributed by atoms with van der Waals surface area (Å²) in [4.78, 5) is 16.9. The molecule has 1 fully saturated rings. The van der Waals surface area contributed by atoms with Gasteiger partial charge in [-0.05, 0) is 61.3 Å². The second-order valence-electron chi connectivity index (χ2n) is 7.13. The predicted octanol–water partition coefficient (Wildman–Crippen LogP) is 3.53. The molecule has 0 aromatic heterocycles. The van der Waals surface area contributed by atoms with Gasteiger partial charge in [-0.3, -0.25) is 14.6 Å². The van der Waals surface area contributed by atoms with Crippen molar-refractivity contribution in [2.45, 2.75) is 26.3 Å². The van der Waals surface area contributed by atoms with Crippen molar-refractivity contribution in [2.24, 2.45) is 0 Å². The average Bonchev–Trinajstić information content (AvgIpc) is 2.89. The normalized spacial score (nSPS) is 16.1.